The van der Waals surface area contributed by atoms with Crippen LogP contribution in [0.4, 0.5) is 5.82 Å². The van der Waals surface area contributed by atoms with Crippen LogP contribution in [-0.4, -0.2) is 35.2 Å². The topological polar surface area (TPSA) is 91.6 Å². The Morgan fingerprint density at radius 2 is 2.44 bits per heavy atom. The fraction of sp³-hybridized carbons (Fsp3) is 0.400. The van der Waals surface area contributed by atoms with Gasteiger partial charge in [0.05, 0.1) is 29.3 Å². The highest BCUT2D eigenvalue weighted by Crippen LogP contribution is 2.22. The van der Waals surface area contributed by atoms with Gasteiger partial charge in [-0.05, 0) is 25.8 Å². The SMILES string of the molecule is O=C(OC1CCOC1)c1cc([N+](=O)[O-])ncc1Br. The van der Waals surface area contributed by atoms with Crippen LogP contribution in [0.1, 0.15) is 16.8 Å². The molecule has 18 heavy (non-hydrogen) atoms. The summed E-state index contributed by atoms with van der Waals surface area (Å²) in [6.07, 6.45) is 1.55. The molecule has 1 aliphatic rings. The summed E-state index contributed by atoms with van der Waals surface area (Å²) in [5.41, 5.74) is 0.0867. The highest BCUT2D eigenvalue weighted by atomic mass is 79.9. The van der Waals surface area contributed by atoms with E-state index in [4.69, 9.17) is 9.47 Å². The Kier molecular flexibility index (Phi) is 3.87. The fourth-order valence-corrected chi connectivity index (χ4v) is 1.88. The first-order valence-corrected chi connectivity index (χ1v) is 5.96. The van der Waals surface area contributed by atoms with Crippen LogP contribution in [0.5, 0.6) is 0 Å². The lowest BCUT2D eigenvalue weighted by molar-refractivity contribution is -0.389. The van der Waals surface area contributed by atoms with E-state index >= 15 is 0 Å². The number of ether oxygens (including phenoxy) is 2. The number of rotatable bonds is 3. The molecule has 0 spiro atoms. The summed E-state index contributed by atoms with van der Waals surface area (Å²) in [5.74, 6) is -1.02. The minimum Gasteiger partial charge on any atom is -0.456 e. The number of carbonyl (C=O) groups excluding carboxylic acids is 1. The molecule has 1 aliphatic heterocycles. The molecule has 1 aromatic rings. The van der Waals surface area contributed by atoms with Gasteiger partial charge in [0.25, 0.3) is 0 Å². The lowest BCUT2D eigenvalue weighted by Crippen LogP contribution is -2.18. The Hall–Kier alpha value is -1.54. The van der Waals surface area contributed by atoms with Crippen LogP contribution in [0.3, 0.4) is 0 Å². The Morgan fingerprint density at radius 3 is 3.06 bits per heavy atom. The molecule has 0 N–H and O–H groups in total. The number of aromatic nitrogens is 1. The zero-order valence-corrected chi connectivity index (χ0v) is 10.8. The smallest absolute Gasteiger partial charge is 0.364 e. The van der Waals surface area contributed by atoms with Crippen LogP contribution in [0, 0.1) is 10.1 Å². The Morgan fingerprint density at radius 1 is 1.67 bits per heavy atom. The lowest BCUT2D eigenvalue weighted by Gasteiger charge is -2.10. The predicted molar refractivity (Wildman–Crippen MR) is 63.2 cm³/mol. The van der Waals surface area contributed by atoms with Crippen molar-refractivity contribution < 1.29 is 19.2 Å². The second-order valence-electron chi connectivity index (χ2n) is 3.67. The molecule has 1 unspecified atom stereocenters. The summed E-state index contributed by atoms with van der Waals surface area (Å²) in [5, 5.41) is 10.6. The van der Waals surface area contributed by atoms with Gasteiger partial charge < -0.3 is 19.6 Å². The molecular formula is C10H9BrN2O5. The average molecular weight is 317 g/mol. The van der Waals surface area contributed by atoms with Crippen LogP contribution < -0.4 is 0 Å². The molecule has 1 atom stereocenters. The van der Waals surface area contributed by atoms with Crippen molar-refractivity contribution in [3.05, 3.63) is 32.4 Å². The van der Waals surface area contributed by atoms with Gasteiger partial charge in [0, 0.05) is 6.42 Å². The molecule has 0 aromatic carbocycles. The third-order valence-electron chi connectivity index (χ3n) is 2.41. The van der Waals surface area contributed by atoms with Gasteiger partial charge in [-0.25, -0.2) is 4.79 Å². The fourth-order valence-electron chi connectivity index (χ4n) is 1.50. The minimum atomic E-state index is -0.665. The van der Waals surface area contributed by atoms with Gasteiger partial charge in [-0.3, -0.25) is 0 Å². The van der Waals surface area contributed by atoms with Crippen molar-refractivity contribution in [2.24, 2.45) is 0 Å². The van der Waals surface area contributed by atoms with E-state index in [1.54, 1.807) is 0 Å². The normalized spacial score (nSPS) is 18.6. The molecule has 7 nitrogen and oxygen atoms in total. The van der Waals surface area contributed by atoms with E-state index in [-0.39, 0.29) is 11.7 Å². The number of nitrogens with zero attached hydrogens (tertiary/aromatic N) is 2. The summed E-state index contributed by atoms with van der Waals surface area (Å²) in [7, 11) is 0. The molecular weight excluding hydrogens is 308 g/mol. The highest BCUT2D eigenvalue weighted by Gasteiger charge is 2.24. The zero-order valence-electron chi connectivity index (χ0n) is 9.17. The monoisotopic (exact) mass is 316 g/mol. The van der Waals surface area contributed by atoms with Crippen molar-refractivity contribution in [3.63, 3.8) is 0 Å². The molecule has 0 saturated carbocycles. The zero-order chi connectivity index (χ0) is 13.1. The molecule has 1 aromatic heterocycles. The minimum absolute atomic E-state index is 0.0867. The van der Waals surface area contributed by atoms with Crippen molar-refractivity contribution in [1.29, 1.82) is 0 Å². The number of esters is 1. The van der Waals surface area contributed by atoms with Gasteiger partial charge in [-0.2, -0.15) is 0 Å². The van der Waals surface area contributed by atoms with E-state index in [9.17, 15) is 14.9 Å². The number of hydrogen-bond donors (Lipinski definition) is 0. The third kappa shape index (κ3) is 2.82. The quantitative estimate of drug-likeness (QED) is 0.479. The van der Waals surface area contributed by atoms with Crippen LogP contribution in [-0.2, 0) is 9.47 Å². The van der Waals surface area contributed by atoms with Gasteiger partial charge in [0.1, 0.15) is 6.10 Å². The van der Waals surface area contributed by atoms with Crippen molar-refractivity contribution >= 4 is 27.7 Å². The van der Waals surface area contributed by atoms with E-state index in [0.29, 0.717) is 24.1 Å². The largest absolute Gasteiger partial charge is 0.456 e. The molecule has 0 aliphatic carbocycles. The first kappa shape index (κ1) is 12.9. The van der Waals surface area contributed by atoms with Gasteiger partial charge >= 0.3 is 11.8 Å². The summed E-state index contributed by atoms with van der Waals surface area (Å²) >= 11 is 3.11. The second-order valence-corrected chi connectivity index (χ2v) is 4.52. The van der Waals surface area contributed by atoms with Gasteiger partial charge in [-0.15, -0.1) is 0 Å². The van der Waals surface area contributed by atoms with E-state index < -0.39 is 16.7 Å². The first-order chi connectivity index (χ1) is 8.58. The summed E-state index contributed by atoms with van der Waals surface area (Å²) in [6.45, 7) is 0.909. The van der Waals surface area contributed by atoms with Gasteiger partial charge in [0.15, 0.2) is 6.20 Å². The van der Waals surface area contributed by atoms with E-state index in [2.05, 4.69) is 20.9 Å². The molecule has 1 fully saturated rings. The van der Waals surface area contributed by atoms with Crippen molar-refractivity contribution in [2.75, 3.05) is 13.2 Å². The maximum absolute atomic E-state index is 11.8. The van der Waals surface area contributed by atoms with Crippen LogP contribution >= 0.6 is 15.9 Å². The summed E-state index contributed by atoms with van der Waals surface area (Å²) in [6, 6.07) is 1.09. The number of nitro groups is 1. The molecule has 0 bridgehead atoms. The number of hydrogen-bond acceptors (Lipinski definition) is 6. The Labute approximate surface area is 110 Å². The summed E-state index contributed by atoms with van der Waals surface area (Å²) < 4.78 is 10.6. The molecule has 96 valence electrons. The standard InChI is InChI=1S/C10H9BrN2O5/c11-8-4-12-9(13(15)16)3-7(8)10(14)18-6-1-2-17-5-6/h3-4,6H,1-2,5H2. The number of halogens is 1. The van der Waals surface area contributed by atoms with E-state index in [1.165, 1.54) is 6.20 Å². The molecule has 2 heterocycles. The molecule has 1 saturated heterocycles. The van der Waals surface area contributed by atoms with E-state index in [0.717, 1.165) is 6.07 Å². The van der Waals surface area contributed by atoms with Crippen LogP contribution in [0.2, 0.25) is 0 Å². The molecule has 0 amide bonds. The van der Waals surface area contributed by atoms with Gasteiger partial charge in [-0.1, -0.05) is 0 Å². The molecule has 2 rings (SSSR count). The Bertz CT molecular complexity index is 487. The maximum Gasteiger partial charge on any atom is 0.364 e. The Balaban J connectivity index is 2.17. The molecule has 8 heteroatoms. The average Bonchev–Trinajstić information content (AvgIpc) is 2.81. The van der Waals surface area contributed by atoms with Crippen LogP contribution in [0.25, 0.3) is 0 Å². The second kappa shape index (κ2) is 5.40. The number of pyridine rings is 1. The van der Waals surface area contributed by atoms with Gasteiger partial charge in [0.2, 0.25) is 0 Å². The first-order valence-electron chi connectivity index (χ1n) is 5.16. The van der Waals surface area contributed by atoms with Crippen molar-refractivity contribution in [2.45, 2.75) is 12.5 Å². The summed E-state index contributed by atoms with van der Waals surface area (Å²) in [4.78, 5) is 25.3. The van der Waals surface area contributed by atoms with Crippen molar-refractivity contribution in [1.82, 2.24) is 4.98 Å². The molecule has 0 radical (unpaired) electrons. The van der Waals surface area contributed by atoms with Crippen molar-refractivity contribution in [3.8, 4) is 0 Å². The third-order valence-corrected chi connectivity index (χ3v) is 3.04. The van der Waals surface area contributed by atoms with Crippen LogP contribution in [0.15, 0.2) is 16.7 Å². The van der Waals surface area contributed by atoms with E-state index in [1.807, 2.05) is 0 Å². The lowest BCUT2D eigenvalue weighted by atomic mass is 10.2. The predicted octanol–water partition coefficient (Wildman–Crippen LogP) is 1.70. The number of carbonyl (C=O) groups is 1. The highest BCUT2D eigenvalue weighted by molar-refractivity contribution is 9.10. The maximum atomic E-state index is 11.8.